The van der Waals surface area contributed by atoms with Gasteiger partial charge < -0.3 is 10.4 Å². The van der Waals surface area contributed by atoms with Crippen molar-refractivity contribution < 1.29 is 19.2 Å². The molecular weight excluding hydrogens is 269 g/mol. The van der Waals surface area contributed by atoms with Crippen LogP contribution in [0.15, 0.2) is 36.7 Å². The maximum Gasteiger partial charge on any atom is 0.310 e. The fraction of sp³-hybridized carbons (Fsp3) is 0. The van der Waals surface area contributed by atoms with Crippen molar-refractivity contribution >= 4 is 17.3 Å². The number of phenols is 1. The Morgan fingerprint density at radius 2 is 2.15 bits per heavy atom. The molecule has 8 heteroatoms. The van der Waals surface area contributed by atoms with Crippen LogP contribution in [0.25, 0.3) is 0 Å². The molecule has 0 bridgehead atoms. The molecule has 1 aromatic heterocycles. The van der Waals surface area contributed by atoms with Crippen LogP contribution < -0.4 is 5.32 Å². The molecule has 0 aliphatic heterocycles. The lowest BCUT2D eigenvalue weighted by molar-refractivity contribution is -0.385. The monoisotopic (exact) mass is 277 g/mol. The van der Waals surface area contributed by atoms with Crippen molar-refractivity contribution in [3.05, 3.63) is 58.2 Å². The largest absolute Gasteiger partial charge is 0.502 e. The summed E-state index contributed by atoms with van der Waals surface area (Å²) in [7, 11) is 0. The van der Waals surface area contributed by atoms with Crippen molar-refractivity contribution in [3.63, 3.8) is 0 Å². The molecule has 0 saturated heterocycles. The molecule has 0 radical (unpaired) electrons. The van der Waals surface area contributed by atoms with Crippen molar-refractivity contribution in [1.29, 1.82) is 0 Å². The lowest BCUT2D eigenvalue weighted by Gasteiger charge is -2.06. The normalized spacial score (nSPS) is 10.1. The lowest BCUT2D eigenvalue weighted by Crippen LogP contribution is -2.13. The number of nitro groups is 1. The third-order valence-electron chi connectivity index (χ3n) is 2.45. The molecule has 0 fully saturated rings. The van der Waals surface area contributed by atoms with E-state index in [1.807, 2.05) is 0 Å². The highest BCUT2D eigenvalue weighted by atomic mass is 19.1. The molecule has 20 heavy (non-hydrogen) atoms. The second-order valence-electron chi connectivity index (χ2n) is 3.77. The van der Waals surface area contributed by atoms with Gasteiger partial charge in [0.05, 0.1) is 16.8 Å². The van der Waals surface area contributed by atoms with Gasteiger partial charge >= 0.3 is 5.69 Å². The summed E-state index contributed by atoms with van der Waals surface area (Å²) < 4.78 is 13.3. The summed E-state index contributed by atoms with van der Waals surface area (Å²) in [5, 5.41) is 22.2. The summed E-state index contributed by atoms with van der Waals surface area (Å²) in [6.45, 7) is 0. The first kappa shape index (κ1) is 13.4. The van der Waals surface area contributed by atoms with Crippen LogP contribution in [0.5, 0.6) is 5.75 Å². The van der Waals surface area contributed by atoms with E-state index in [-0.39, 0.29) is 11.3 Å². The van der Waals surface area contributed by atoms with E-state index < -0.39 is 28.1 Å². The van der Waals surface area contributed by atoms with Crippen LogP contribution in [0, 0.1) is 15.9 Å². The van der Waals surface area contributed by atoms with E-state index in [2.05, 4.69) is 10.3 Å². The highest BCUT2D eigenvalue weighted by Crippen LogP contribution is 2.26. The molecule has 2 N–H and O–H groups in total. The Morgan fingerprint density at radius 1 is 1.40 bits per heavy atom. The summed E-state index contributed by atoms with van der Waals surface area (Å²) in [5.74, 6) is -2.06. The minimum Gasteiger partial charge on any atom is -0.502 e. The Labute approximate surface area is 111 Å². The lowest BCUT2D eigenvalue weighted by atomic mass is 10.1. The van der Waals surface area contributed by atoms with Gasteiger partial charge in [-0.2, -0.15) is 0 Å². The predicted molar refractivity (Wildman–Crippen MR) is 66.9 cm³/mol. The topological polar surface area (TPSA) is 105 Å². The van der Waals surface area contributed by atoms with Gasteiger partial charge in [0, 0.05) is 17.8 Å². The van der Waals surface area contributed by atoms with E-state index in [1.54, 1.807) is 0 Å². The average molecular weight is 277 g/mol. The number of hydrogen-bond donors (Lipinski definition) is 2. The highest BCUT2D eigenvalue weighted by Gasteiger charge is 2.16. The third-order valence-corrected chi connectivity index (χ3v) is 2.45. The van der Waals surface area contributed by atoms with Crippen LogP contribution in [0.3, 0.4) is 0 Å². The number of pyridine rings is 1. The number of halogens is 1. The molecule has 2 rings (SSSR count). The van der Waals surface area contributed by atoms with Gasteiger partial charge in [0.2, 0.25) is 0 Å². The fourth-order valence-electron chi connectivity index (χ4n) is 1.49. The standard InChI is InChI=1S/C12H8FN3O4/c13-8-6-14-4-3-9(8)15-12(18)7-1-2-10(16(19)20)11(17)5-7/h1-6,17H,(H,14,15,18). The highest BCUT2D eigenvalue weighted by molar-refractivity contribution is 6.04. The number of aromatic nitrogens is 1. The van der Waals surface area contributed by atoms with E-state index >= 15 is 0 Å². The molecule has 102 valence electrons. The summed E-state index contributed by atoms with van der Waals surface area (Å²) in [6.07, 6.45) is 2.23. The Morgan fingerprint density at radius 3 is 2.75 bits per heavy atom. The molecule has 0 atom stereocenters. The quantitative estimate of drug-likeness (QED) is 0.660. The first-order valence-electron chi connectivity index (χ1n) is 5.37. The Balaban J connectivity index is 2.24. The fourth-order valence-corrected chi connectivity index (χ4v) is 1.49. The number of hydrogen-bond acceptors (Lipinski definition) is 5. The molecular formula is C12H8FN3O4. The SMILES string of the molecule is O=C(Nc1ccncc1F)c1ccc([N+](=O)[O-])c(O)c1. The molecule has 0 unspecified atom stereocenters. The molecule has 0 spiro atoms. The average Bonchev–Trinajstić information content (AvgIpc) is 2.40. The van der Waals surface area contributed by atoms with Crippen LogP contribution in [-0.4, -0.2) is 20.9 Å². The van der Waals surface area contributed by atoms with Gasteiger partial charge in [0.15, 0.2) is 11.6 Å². The Kier molecular flexibility index (Phi) is 3.56. The zero-order chi connectivity index (χ0) is 14.7. The number of rotatable bonds is 3. The van der Waals surface area contributed by atoms with Crippen LogP contribution in [0.4, 0.5) is 15.8 Å². The number of carbonyl (C=O) groups excluding carboxylic acids is 1. The number of amides is 1. The van der Waals surface area contributed by atoms with Crippen molar-refractivity contribution in [3.8, 4) is 5.75 Å². The van der Waals surface area contributed by atoms with Gasteiger partial charge in [-0.15, -0.1) is 0 Å². The number of nitrogens with zero attached hydrogens (tertiary/aromatic N) is 2. The van der Waals surface area contributed by atoms with Gasteiger partial charge in [-0.05, 0) is 18.2 Å². The zero-order valence-electron chi connectivity index (χ0n) is 9.91. The predicted octanol–water partition coefficient (Wildman–Crippen LogP) is 2.09. The molecule has 0 saturated carbocycles. The minimum absolute atomic E-state index is 0.0377. The van der Waals surface area contributed by atoms with Crippen molar-refractivity contribution in [2.45, 2.75) is 0 Å². The van der Waals surface area contributed by atoms with Crippen molar-refractivity contribution in [2.24, 2.45) is 0 Å². The van der Waals surface area contributed by atoms with Crippen LogP contribution >= 0.6 is 0 Å². The molecule has 0 aliphatic rings. The van der Waals surface area contributed by atoms with Gasteiger partial charge in [-0.3, -0.25) is 19.9 Å². The first-order valence-corrected chi connectivity index (χ1v) is 5.37. The maximum absolute atomic E-state index is 13.3. The molecule has 2 aromatic rings. The summed E-state index contributed by atoms with van der Waals surface area (Å²) in [5.41, 5.74) is -0.635. The Hall–Kier alpha value is -3.03. The number of carbonyl (C=O) groups is 1. The number of benzene rings is 1. The van der Waals surface area contributed by atoms with Crippen molar-refractivity contribution in [2.75, 3.05) is 5.32 Å². The van der Waals surface area contributed by atoms with Crippen molar-refractivity contribution in [1.82, 2.24) is 4.98 Å². The molecule has 1 aromatic carbocycles. The van der Waals surface area contributed by atoms with E-state index in [1.165, 1.54) is 12.3 Å². The number of phenolic OH excluding ortho intramolecular Hbond substituents is 1. The molecule has 7 nitrogen and oxygen atoms in total. The maximum atomic E-state index is 13.3. The van der Waals surface area contributed by atoms with Gasteiger partial charge in [0.1, 0.15) is 0 Å². The van der Waals surface area contributed by atoms with E-state index in [0.717, 1.165) is 24.4 Å². The van der Waals surface area contributed by atoms with E-state index in [9.17, 15) is 24.4 Å². The molecule has 1 heterocycles. The summed E-state index contributed by atoms with van der Waals surface area (Å²) >= 11 is 0. The summed E-state index contributed by atoms with van der Waals surface area (Å²) in [6, 6.07) is 4.35. The van der Waals surface area contributed by atoms with Gasteiger partial charge in [-0.25, -0.2) is 4.39 Å². The second-order valence-corrected chi connectivity index (χ2v) is 3.77. The van der Waals surface area contributed by atoms with Gasteiger partial charge in [-0.1, -0.05) is 0 Å². The number of nitrogens with one attached hydrogen (secondary N) is 1. The van der Waals surface area contributed by atoms with Crippen LogP contribution in [0.1, 0.15) is 10.4 Å². The minimum atomic E-state index is -0.778. The number of aromatic hydroxyl groups is 1. The molecule has 1 amide bonds. The summed E-state index contributed by atoms with van der Waals surface area (Å²) in [4.78, 5) is 25.1. The van der Waals surface area contributed by atoms with Crippen LogP contribution in [0.2, 0.25) is 0 Å². The van der Waals surface area contributed by atoms with Gasteiger partial charge in [0.25, 0.3) is 5.91 Å². The first-order chi connectivity index (χ1) is 9.49. The Bertz CT molecular complexity index is 690. The number of anilines is 1. The second kappa shape index (κ2) is 5.31. The molecule has 0 aliphatic carbocycles. The number of nitro benzene ring substituents is 1. The zero-order valence-corrected chi connectivity index (χ0v) is 9.91. The van der Waals surface area contributed by atoms with E-state index in [4.69, 9.17) is 0 Å². The van der Waals surface area contributed by atoms with E-state index in [0.29, 0.717) is 0 Å². The smallest absolute Gasteiger partial charge is 0.310 e. The third kappa shape index (κ3) is 2.69. The van der Waals surface area contributed by atoms with Crippen LogP contribution in [-0.2, 0) is 0 Å².